The minimum absolute atomic E-state index is 0.132. The lowest BCUT2D eigenvalue weighted by atomic mass is 9.93. The third-order valence-corrected chi connectivity index (χ3v) is 5.04. The van der Waals surface area contributed by atoms with Crippen LogP contribution in [-0.4, -0.2) is 41.5 Å². The maximum atomic E-state index is 12.9. The highest BCUT2D eigenvalue weighted by atomic mass is 19.4. The molecule has 3 aromatic rings. The van der Waals surface area contributed by atoms with Crippen LogP contribution in [0.3, 0.4) is 0 Å². The summed E-state index contributed by atoms with van der Waals surface area (Å²) in [5, 5.41) is 19.7. The number of rotatable bonds is 4. The summed E-state index contributed by atoms with van der Waals surface area (Å²) in [6.45, 7) is 0. The van der Waals surface area contributed by atoms with Gasteiger partial charge in [-0.05, 0) is 31.4 Å². The predicted molar refractivity (Wildman–Crippen MR) is 99.7 cm³/mol. The Morgan fingerprint density at radius 3 is 2.71 bits per heavy atom. The van der Waals surface area contributed by atoms with Crippen LogP contribution >= 0.6 is 0 Å². The molecule has 0 unspecified atom stereocenters. The average molecular weight is 434 g/mol. The second kappa shape index (κ2) is 7.52. The van der Waals surface area contributed by atoms with Gasteiger partial charge in [0.25, 0.3) is 5.91 Å². The molecule has 0 fully saturated rings. The largest absolute Gasteiger partial charge is 0.477 e. The first kappa shape index (κ1) is 20.6. The third kappa shape index (κ3) is 4.00. The van der Waals surface area contributed by atoms with E-state index >= 15 is 0 Å². The molecule has 1 aliphatic carbocycles. The lowest BCUT2D eigenvalue weighted by molar-refractivity contribution is -0.141. The van der Waals surface area contributed by atoms with E-state index < -0.39 is 29.8 Å². The molecule has 1 aliphatic rings. The quantitative estimate of drug-likeness (QED) is 0.652. The van der Waals surface area contributed by atoms with Gasteiger partial charge in [0.05, 0.1) is 17.4 Å². The number of aromatic carboxylic acids is 1. The van der Waals surface area contributed by atoms with E-state index in [9.17, 15) is 22.8 Å². The molecular weight excluding hydrogens is 417 g/mol. The molecule has 2 N–H and O–H groups in total. The fourth-order valence-corrected chi connectivity index (χ4v) is 3.55. The number of fused-ring (bicyclic) bond motifs is 1. The molecule has 4 rings (SSSR count). The van der Waals surface area contributed by atoms with Crippen LogP contribution in [-0.2, 0) is 19.6 Å². The Balaban J connectivity index is 1.59. The van der Waals surface area contributed by atoms with Crippen molar-refractivity contribution in [2.45, 2.75) is 31.5 Å². The van der Waals surface area contributed by atoms with Crippen molar-refractivity contribution in [2.24, 2.45) is 7.05 Å². The van der Waals surface area contributed by atoms with Gasteiger partial charge in [0.1, 0.15) is 11.4 Å². The minimum atomic E-state index is -4.64. The summed E-state index contributed by atoms with van der Waals surface area (Å²) < 4.78 is 41.1. The maximum Gasteiger partial charge on any atom is 0.435 e. The van der Waals surface area contributed by atoms with Crippen molar-refractivity contribution in [3.8, 4) is 5.69 Å². The number of halogens is 3. The normalized spacial score (nSPS) is 16.1. The summed E-state index contributed by atoms with van der Waals surface area (Å²) in [7, 11) is 1.28. The van der Waals surface area contributed by atoms with Crippen LogP contribution < -0.4 is 5.32 Å². The molecule has 3 heterocycles. The van der Waals surface area contributed by atoms with Crippen molar-refractivity contribution in [1.82, 2.24) is 29.9 Å². The van der Waals surface area contributed by atoms with Crippen LogP contribution in [0.2, 0.25) is 0 Å². The molecule has 0 spiro atoms. The Bertz CT molecular complexity index is 1170. The van der Waals surface area contributed by atoms with Gasteiger partial charge in [-0.25, -0.2) is 14.5 Å². The monoisotopic (exact) mass is 434 g/mol. The zero-order valence-corrected chi connectivity index (χ0v) is 16.2. The van der Waals surface area contributed by atoms with E-state index in [0.29, 0.717) is 24.6 Å². The molecule has 12 heteroatoms. The molecule has 9 nitrogen and oxygen atoms in total. The summed E-state index contributed by atoms with van der Waals surface area (Å²) in [6.07, 6.45) is 0.379. The van der Waals surface area contributed by atoms with Crippen molar-refractivity contribution < 1.29 is 27.9 Å². The molecule has 1 atom stereocenters. The standard InChI is InChI=1S/C19H17F3N6O3/c1-27-15(8-16(26-27)19(20,21)22)17(29)24-12-3-2-4-13-11(12)9-28(25-13)10-5-6-23-14(7-10)18(30)31/h5-9,12H,2-4H2,1H3,(H,24,29)(H,30,31)/t12-/m1/s1. The molecule has 0 saturated carbocycles. The fraction of sp³-hybridized carbons (Fsp3) is 0.316. The lowest BCUT2D eigenvalue weighted by Gasteiger charge is -2.22. The number of amides is 1. The Hall–Kier alpha value is -3.70. The summed E-state index contributed by atoms with van der Waals surface area (Å²) in [4.78, 5) is 27.6. The number of aryl methyl sites for hydroxylation is 2. The highest BCUT2D eigenvalue weighted by Crippen LogP contribution is 2.31. The molecule has 162 valence electrons. The van der Waals surface area contributed by atoms with Gasteiger partial charge in [0, 0.05) is 31.1 Å². The number of alkyl halides is 3. The molecule has 0 radical (unpaired) electrons. The summed E-state index contributed by atoms with van der Waals surface area (Å²) in [5.74, 6) is -1.84. The molecule has 0 aliphatic heterocycles. The third-order valence-electron chi connectivity index (χ3n) is 5.04. The Kier molecular flexibility index (Phi) is 4.99. The van der Waals surface area contributed by atoms with Gasteiger partial charge in [-0.1, -0.05) is 0 Å². The summed E-state index contributed by atoms with van der Waals surface area (Å²) in [5.41, 5.74) is 0.481. The number of carbonyl (C=O) groups excluding carboxylic acids is 1. The van der Waals surface area contributed by atoms with E-state index in [1.165, 1.54) is 24.0 Å². The van der Waals surface area contributed by atoms with Gasteiger partial charge in [0.15, 0.2) is 5.69 Å². The number of hydrogen-bond donors (Lipinski definition) is 2. The van der Waals surface area contributed by atoms with Gasteiger partial charge in [-0.15, -0.1) is 0 Å². The first-order chi connectivity index (χ1) is 14.6. The highest BCUT2D eigenvalue weighted by Gasteiger charge is 2.36. The van der Waals surface area contributed by atoms with E-state index in [2.05, 4.69) is 20.5 Å². The fourth-order valence-electron chi connectivity index (χ4n) is 3.55. The second-order valence-corrected chi connectivity index (χ2v) is 7.13. The van der Waals surface area contributed by atoms with Gasteiger partial charge < -0.3 is 10.4 Å². The van der Waals surface area contributed by atoms with E-state index in [-0.39, 0.29) is 11.4 Å². The van der Waals surface area contributed by atoms with Crippen LogP contribution in [0, 0.1) is 0 Å². The molecule has 3 aromatic heterocycles. The second-order valence-electron chi connectivity index (χ2n) is 7.13. The van der Waals surface area contributed by atoms with Crippen LogP contribution in [0.4, 0.5) is 13.2 Å². The van der Waals surface area contributed by atoms with Crippen LogP contribution in [0.25, 0.3) is 5.69 Å². The predicted octanol–water partition coefficient (Wildman–Crippen LogP) is 2.53. The van der Waals surface area contributed by atoms with E-state index in [4.69, 9.17) is 5.11 Å². The molecule has 0 bridgehead atoms. The van der Waals surface area contributed by atoms with Crippen molar-refractivity contribution in [1.29, 1.82) is 0 Å². The number of carboxylic acids is 1. The van der Waals surface area contributed by atoms with Crippen molar-refractivity contribution in [2.75, 3.05) is 0 Å². The summed E-state index contributed by atoms with van der Waals surface area (Å²) in [6, 6.07) is 3.25. The molecule has 0 saturated heterocycles. The van der Waals surface area contributed by atoms with Crippen molar-refractivity contribution in [3.63, 3.8) is 0 Å². The van der Waals surface area contributed by atoms with E-state index in [1.807, 2.05) is 0 Å². The highest BCUT2D eigenvalue weighted by molar-refractivity contribution is 5.93. The van der Waals surface area contributed by atoms with E-state index in [1.54, 1.807) is 12.3 Å². The Labute approximate surface area is 173 Å². The van der Waals surface area contributed by atoms with Crippen LogP contribution in [0.1, 0.15) is 56.8 Å². The molecular formula is C19H17F3N6O3. The average Bonchev–Trinajstić information content (AvgIpc) is 3.32. The Morgan fingerprint density at radius 1 is 1.26 bits per heavy atom. The number of nitrogens with zero attached hydrogens (tertiary/aromatic N) is 5. The lowest BCUT2D eigenvalue weighted by Crippen LogP contribution is -2.31. The zero-order valence-electron chi connectivity index (χ0n) is 16.2. The number of hydrogen-bond acceptors (Lipinski definition) is 5. The zero-order chi connectivity index (χ0) is 22.3. The van der Waals surface area contributed by atoms with E-state index in [0.717, 1.165) is 22.4 Å². The molecule has 0 aromatic carbocycles. The Morgan fingerprint density at radius 2 is 2.03 bits per heavy atom. The first-order valence-electron chi connectivity index (χ1n) is 9.33. The summed E-state index contributed by atoms with van der Waals surface area (Å²) >= 11 is 0. The first-order valence-corrected chi connectivity index (χ1v) is 9.33. The number of carboxylic acid groups (broad SMARTS) is 1. The molecule has 1 amide bonds. The van der Waals surface area contributed by atoms with Gasteiger partial charge in [-0.2, -0.15) is 23.4 Å². The number of carbonyl (C=O) groups is 2. The van der Waals surface area contributed by atoms with Gasteiger partial charge in [0.2, 0.25) is 0 Å². The SMILES string of the molecule is Cn1nc(C(F)(F)F)cc1C(=O)N[C@@H]1CCCc2nn(-c3ccnc(C(=O)O)c3)cc21. The topological polar surface area (TPSA) is 115 Å². The van der Waals surface area contributed by atoms with Crippen molar-refractivity contribution >= 4 is 11.9 Å². The van der Waals surface area contributed by atoms with Gasteiger partial charge in [-0.3, -0.25) is 9.48 Å². The van der Waals surface area contributed by atoms with Gasteiger partial charge >= 0.3 is 12.1 Å². The molecule has 31 heavy (non-hydrogen) atoms. The maximum absolute atomic E-state index is 12.9. The number of nitrogens with one attached hydrogen (secondary N) is 1. The minimum Gasteiger partial charge on any atom is -0.477 e. The van der Waals surface area contributed by atoms with Crippen molar-refractivity contribution in [3.05, 3.63) is 58.9 Å². The smallest absolute Gasteiger partial charge is 0.435 e. The number of aromatic nitrogens is 5. The number of pyridine rings is 1. The van der Waals surface area contributed by atoms with Crippen LogP contribution in [0.15, 0.2) is 30.6 Å². The van der Waals surface area contributed by atoms with Crippen LogP contribution in [0.5, 0.6) is 0 Å².